The Morgan fingerprint density at radius 3 is 2.86 bits per heavy atom. The average Bonchev–Trinajstić information content (AvgIpc) is 2.79. The predicted molar refractivity (Wildman–Crippen MR) is 90.7 cm³/mol. The minimum atomic E-state index is -0.254. The molecule has 3 rings (SSSR count). The summed E-state index contributed by atoms with van der Waals surface area (Å²) in [5, 5.41) is 0. The number of imidazole rings is 1. The van der Waals surface area contributed by atoms with Gasteiger partial charge in [-0.15, -0.1) is 11.6 Å². The summed E-state index contributed by atoms with van der Waals surface area (Å²) in [7, 11) is 0. The molecule has 2 heterocycles. The van der Waals surface area contributed by atoms with Crippen LogP contribution in [0.3, 0.4) is 0 Å². The highest BCUT2D eigenvalue weighted by atomic mass is 127. The summed E-state index contributed by atoms with van der Waals surface area (Å²) >= 11 is 8.02. The Balaban J connectivity index is 2.33. The molecule has 0 bridgehead atoms. The molecule has 0 amide bonds. The van der Waals surface area contributed by atoms with Gasteiger partial charge in [-0.05, 0) is 59.3 Å². The van der Waals surface area contributed by atoms with Crippen molar-refractivity contribution in [1.29, 1.82) is 0 Å². The first-order valence-corrected chi connectivity index (χ1v) is 8.07. The Kier molecular flexibility index (Phi) is 4.12. The van der Waals surface area contributed by atoms with Crippen LogP contribution in [0.2, 0.25) is 0 Å². The number of pyridine rings is 1. The van der Waals surface area contributed by atoms with Crippen LogP contribution >= 0.6 is 34.2 Å². The first kappa shape index (κ1) is 14.7. The van der Waals surface area contributed by atoms with E-state index in [9.17, 15) is 4.39 Å². The van der Waals surface area contributed by atoms with Crippen molar-refractivity contribution in [1.82, 2.24) is 14.5 Å². The molecule has 0 aliphatic rings. The van der Waals surface area contributed by atoms with E-state index in [1.54, 1.807) is 12.3 Å². The molecule has 3 aromatic rings. The highest BCUT2D eigenvalue weighted by Gasteiger charge is 2.16. The van der Waals surface area contributed by atoms with E-state index in [0.29, 0.717) is 12.3 Å². The number of aromatic nitrogens is 3. The first-order valence-electron chi connectivity index (χ1n) is 6.46. The predicted octanol–water partition coefficient (Wildman–Crippen LogP) is 4.25. The second kappa shape index (κ2) is 5.88. The van der Waals surface area contributed by atoms with Crippen molar-refractivity contribution >= 4 is 45.4 Å². The molecule has 1 aromatic carbocycles. The van der Waals surface area contributed by atoms with Crippen LogP contribution in [0.15, 0.2) is 30.5 Å². The van der Waals surface area contributed by atoms with Gasteiger partial charge >= 0.3 is 0 Å². The minimum absolute atomic E-state index is 0.254. The third-order valence-electron chi connectivity index (χ3n) is 3.29. The van der Waals surface area contributed by atoms with E-state index < -0.39 is 0 Å². The second-order valence-corrected chi connectivity index (χ2v) is 6.24. The smallest absolute Gasteiger partial charge is 0.164 e. The Labute approximate surface area is 140 Å². The van der Waals surface area contributed by atoms with E-state index in [0.717, 1.165) is 31.8 Å². The molecule has 0 saturated heterocycles. The van der Waals surface area contributed by atoms with Gasteiger partial charge in [0.15, 0.2) is 5.65 Å². The number of benzene rings is 1. The molecule has 6 heteroatoms. The molecule has 0 radical (unpaired) electrons. The standard InChI is InChI=1S/C15H12ClFIN3/c1-9-5-7-19-15-14(9)20-13(4-6-16)21(15)12-3-2-10(17)8-11(12)18/h2-3,5,7-8H,4,6H2,1H3. The van der Waals surface area contributed by atoms with Crippen molar-refractivity contribution in [2.45, 2.75) is 13.3 Å². The Hall–Kier alpha value is -1.21. The Morgan fingerprint density at radius 2 is 2.14 bits per heavy atom. The fourth-order valence-electron chi connectivity index (χ4n) is 2.31. The summed E-state index contributed by atoms with van der Waals surface area (Å²) in [6, 6.07) is 6.63. The third kappa shape index (κ3) is 2.64. The lowest BCUT2D eigenvalue weighted by Gasteiger charge is -2.10. The molecule has 3 nitrogen and oxygen atoms in total. The van der Waals surface area contributed by atoms with Crippen LogP contribution in [0.25, 0.3) is 16.9 Å². The second-order valence-electron chi connectivity index (χ2n) is 4.70. The lowest BCUT2D eigenvalue weighted by atomic mass is 10.2. The Bertz CT molecular complexity index is 816. The van der Waals surface area contributed by atoms with Crippen molar-refractivity contribution in [2.75, 3.05) is 5.88 Å². The van der Waals surface area contributed by atoms with Crippen molar-refractivity contribution in [3.63, 3.8) is 0 Å². The maximum atomic E-state index is 13.3. The summed E-state index contributed by atoms with van der Waals surface area (Å²) in [5.41, 5.74) is 3.57. The van der Waals surface area contributed by atoms with Gasteiger partial charge in [0.2, 0.25) is 0 Å². The zero-order chi connectivity index (χ0) is 15.0. The highest BCUT2D eigenvalue weighted by molar-refractivity contribution is 14.1. The summed E-state index contributed by atoms with van der Waals surface area (Å²) in [4.78, 5) is 9.11. The molecular formula is C15H12ClFIN3. The molecule has 0 N–H and O–H groups in total. The molecule has 0 spiro atoms. The van der Waals surface area contributed by atoms with Crippen molar-refractivity contribution < 1.29 is 4.39 Å². The summed E-state index contributed by atoms with van der Waals surface area (Å²) in [5.74, 6) is 1.06. The molecule has 108 valence electrons. The molecule has 0 unspecified atom stereocenters. The summed E-state index contributed by atoms with van der Waals surface area (Å²) in [6.07, 6.45) is 2.39. The van der Waals surface area contributed by atoms with Crippen LogP contribution in [0.5, 0.6) is 0 Å². The molecular weight excluding hydrogens is 404 g/mol. The maximum Gasteiger partial charge on any atom is 0.164 e. The molecule has 0 fully saturated rings. The molecule has 21 heavy (non-hydrogen) atoms. The van der Waals surface area contributed by atoms with Crippen molar-refractivity contribution in [3.8, 4) is 5.69 Å². The van der Waals surface area contributed by atoms with Gasteiger partial charge in [-0.25, -0.2) is 14.4 Å². The first-order chi connectivity index (χ1) is 10.1. The highest BCUT2D eigenvalue weighted by Crippen LogP contribution is 2.26. The van der Waals surface area contributed by atoms with Gasteiger partial charge in [0, 0.05) is 22.1 Å². The lowest BCUT2D eigenvalue weighted by molar-refractivity contribution is 0.626. The molecule has 0 atom stereocenters. The number of aryl methyl sites for hydroxylation is 2. The van der Waals surface area contributed by atoms with Gasteiger partial charge in [-0.3, -0.25) is 4.57 Å². The van der Waals surface area contributed by atoms with Crippen molar-refractivity contribution in [3.05, 3.63) is 51.2 Å². The molecule has 0 aliphatic carbocycles. The monoisotopic (exact) mass is 415 g/mol. The van der Waals surface area contributed by atoms with Crippen LogP contribution in [-0.4, -0.2) is 20.4 Å². The maximum absolute atomic E-state index is 13.3. The SMILES string of the molecule is Cc1ccnc2c1nc(CCCl)n2-c1ccc(F)cc1I. The fraction of sp³-hybridized carbons (Fsp3) is 0.200. The number of alkyl halides is 1. The van der Waals surface area contributed by atoms with E-state index in [2.05, 4.69) is 32.6 Å². The zero-order valence-corrected chi connectivity index (χ0v) is 14.2. The van der Waals surface area contributed by atoms with Crippen LogP contribution < -0.4 is 0 Å². The lowest BCUT2D eigenvalue weighted by Crippen LogP contribution is -2.05. The number of hydrogen-bond donors (Lipinski definition) is 0. The topological polar surface area (TPSA) is 30.7 Å². The van der Waals surface area contributed by atoms with Gasteiger partial charge in [-0.1, -0.05) is 0 Å². The minimum Gasteiger partial charge on any atom is -0.280 e. The summed E-state index contributed by atoms with van der Waals surface area (Å²) < 4.78 is 16.1. The van der Waals surface area contributed by atoms with E-state index in [1.165, 1.54) is 12.1 Å². The van der Waals surface area contributed by atoms with E-state index in [1.807, 2.05) is 17.6 Å². The van der Waals surface area contributed by atoms with Gasteiger partial charge in [0.1, 0.15) is 17.2 Å². The van der Waals surface area contributed by atoms with Gasteiger partial charge < -0.3 is 0 Å². The largest absolute Gasteiger partial charge is 0.280 e. The average molecular weight is 416 g/mol. The number of halogens is 3. The number of hydrogen-bond acceptors (Lipinski definition) is 2. The third-order valence-corrected chi connectivity index (χ3v) is 4.34. The molecule has 2 aromatic heterocycles. The Morgan fingerprint density at radius 1 is 1.33 bits per heavy atom. The van der Waals surface area contributed by atoms with Crippen LogP contribution in [0, 0.1) is 16.3 Å². The summed E-state index contributed by atoms with van der Waals surface area (Å²) in [6.45, 7) is 2.00. The molecule has 0 aliphatic heterocycles. The van der Waals surface area contributed by atoms with Crippen LogP contribution in [0.4, 0.5) is 4.39 Å². The fourth-order valence-corrected chi connectivity index (χ4v) is 3.19. The van der Waals surface area contributed by atoms with Crippen molar-refractivity contribution in [2.24, 2.45) is 0 Å². The number of rotatable bonds is 3. The quantitative estimate of drug-likeness (QED) is 0.473. The van der Waals surface area contributed by atoms with Gasteiger partial charge in [0.25, 0.3) is 0 Å². The van der Waals surface area contributed by atoms with Crippen LogP contribution in [0.1, 0.15) is 11.4 Å². The van der Waals surface area contributed by atoms with E-state index >= 15 is 0 Å². The van der Waals surface area contributed by atoms with Gasteiger partial charge in [0.05, 0.1) is 5.69 Å². The zero-order valence-electron chi connectivity index (χ0n) is 11.3. The van der Waals surface area contributed by atoms with E-state index in [4.69, 9.17) is 11.6 Å². The van der Waals surface area contributed by atoms with Gasteiger partial charge in [-0.2, -0.15) is 0 Å². The van der Waals surface area contributed by atoms with Crippen LogP contribution in [-0.2, 0) is 6.42 Å². The normalized spacial score (nSPS) is 11.2. The molecule has 0 saturated carbocycles. The number of nitrogens with zero attached hydrogens (tertiary/aromatic N) is 3. The number of fused-ring (bicyclic) bond motifs is 1. The van der Waals surface area contributed by atoms with E-state index in [-0.39, 0.29) is 5.82 Å².